The molecule has 0 radical (unpaired) electrons. The Kier molecular flexibility index (Phi) is 7.82. The molecule has 3 N–H and O–H groups in total. The first-order valence-corrected chi connectivity index (χ1v) is 13.8. The molecule has 0 aliphatic heterocycles. The first kappa shape index (κ1) is 25.4. The van der Waals surface area contributed by atoms with E-state index in [0.717, 1.165) is 38.5 Å². The summed E-state index contributed by atoms with van der Waals surface area (Å²) in [5.41, 5.74) is 0.572. The molecule has 33 heavy (non-hydrogen) atoms. The van der Waals surface area contributed by atoms with Gasteiger partial charge in [0.25, 0.3) is 0 Å². The van der Waals surface area contributed by atoms with Gasteiger partial charge in [-0.3, -0.25) is 4.79 Å². The first-order chi connectivity index (χ1) is 15.7. The molecule has 0 aromatic rings. The van der Waals surface area contributed by atoms with Gasteiger partial charge in [-0.05, 0) is 111 Å². The lowest BCUT2D eigenvalue weighted by Gasteiger charge is -2.62. The van der Waals surface area contributed by atoms with Crippen molar-refractivity contribution in [3.63, 3.8) is 0 Å². The van der Waals surface area contributed by atoms with Gasteiger partial charge in [0.05, 0.1) is 12.2 Å². The SMILES string of the molecule is COCCCNC(=O)CCC(C)C1CCC2C3C(O)CC4CC(O)CCC4(C)C3CCC12C. The number of hydrogen-bond acceptors (Lipinski definition) is 4. The fraction of sp³-hybridized carbons (Fsp3) is 0.964. The van der Waals surface area contributed by atoms with Crippen LogP contribution in [0.25, 0.3) is 0 Å². The third-order valence-corrected chi connectivity index (χ3v) is 11.1. The Morgan fingerprint density at radius 1 is 1.06 bits per heavy atom. The molecule has 0 aromatic carbocycles. The molecule has 4 aliphatic rings. The van der Waals surface area contributed by atoms with E-state index in [4.69, 9.17) is 4.74 Å². The lowest BCUT2D eigenvalue weighted by atomic mass is 9.43. The van der Waals surface area contributed by atoms with Gasteiger partial charge < -0.3 is 20.3 Å². The van der Waals surface area contributed by atoms with E-state index in [0.29, 0.717) is 55.1 Å². The molecule has 4 rings (SSSR count). The predicted molar refractivity (Wildman–Crippen MR) is 131 cm³/mol. The quantitative estimate of drug-likeness (QED) is 0.462. The van der Waals surface area contributed by atoms with Crippen molar-refractivity contribution in [1.82, 2.24) is 5.32 Å². The number of fused-ring (bicyclic) bond motifs is 5. The highest BCUT2D eigenvalue weighted by molar-refractivity contribution is 5.75. The Bertz CT molecular complexity index is 685. The van der Waals surface area contributed by atoms with Crippen molar-refractivity contribution in [2.75, 3.05) is 20.3 Å². The number of carbonyl (C=O) groups is 1. The molecule has 4 fully saturated rings. The minimum absolute atomic E-state index is 0.169. The Balaban J connectivity index is 1.39. The number of aliphatic hydroxyl groups is 2. The molecule has 5 nitrogen and oxygen atoms in total. The highest BCUT2D eigenvalue weighted by Gasteiger charge is 2.62. The van der Waals surface area contributed by atoms with Crippen LogP contribution in [0.15, 0.2) is 0 Å². The molecule has 0 aromatic heterocycles. The molecule has 0 saturated heterocycles. The fourth-order valence-electron chi connectivity index (χ4n) is 9.27. The molecule has 10 atom stereocenters. The van der Waals surface area contributed by atoms with Crippen LogP contribution in [0.4, 0.5) is 0 Å². The van der Waals surface area contributed by atoms with Crippen molar-refractivity contribution in [3.05, 3.63) is 0 Å². The minimum atomic E-state index is -0.213. The number of nitrogens with one attached hydrogen (secondary N) is 1. The third-order valence-electron chi connectivity index (χ3n) is 11.1. The summed E-state index contributed by atoms with van der Waals surface area (Å²) in [5, 5.41) is 24.7. The zero-order valence-electron chi connectivity index (χ0n) is 21.5. The summed E-state index contributed by atoms with van der Waals surface area (Å²) < 4.78 is 5.06. The highest BCUT2D eigenvalue weighted by Crippen LogP contribution is 2.68. The van der Waals surface area contributed by atoms with Gasteiger partial charge in [0, 0.05) is 26.7 Å². The van der Waals surface area contributed by atoms with Gasteiger partial charge >= 0.3 is 0 Å². The Labute approximate surface area is 201 Å². The van der Waals surface area contributed by atoms with Crippen LogP contribution >= 0.6 is 0 Å². The fourth-order valence-corrected chi connectivity index (χ4v) is 9.27. The highest BCUT2D eigenvalue weighted by atomic mass is 16.5. The molecule has 5 heteroatoms. The van der Waals surface area contributed by atoms with Crippen LogP contribution in [0, 0.1) is 46.3 Å². The topological polar surface area (TPSA) is 78.8 Å². The Morgan fingerprint density at radius 3 is 2.55 bits per heavy atom. The lowest BCUT2D eigenvalue weighted by Crippen LogP contribution is -2.58. The summed E-state index contributed by atoms with van der Waals surface area (Å²) in [4.78, 5) is 12.3. The normalized spacial score (nSPS) is 45.6. The van der Waals surface area contributed by atoms with Crippen molar-refractivity contribution < 1.29 is 19.7 Å². The van der Waals surface area contributed by atoms with Gasteiger partial charge in [0.2, 0.25) is 5.91 Å². The van der Waals surface area contributed by atoms with Crippen LogP contribution in [0.2, 0.25) is 0 Å². The second-order valence-electron chi connectivity index (χ2n) is 12.7. The molecular weight excluding hydrogens is 414 g/mol. The average molecular weight is 464 g/mol. The van der Waals surface area contributed by atoms with E-state index in [9.17, 15) is 15.0 Å². The van der Waals surface area contributed by atoms with Gasteiger partial charge in [-0.2, -0.15) is 0 Å². The third kappa shape index (κ3) is 4.76. The van der Waals surface area contributed by atoms with Gasteiger partial charge in [-0.15, -0.1) is 0 Å². The maximum atomic E-state index is 12.3. The van der Waals surface area contributed by atoms with Gasteiger partial charge in [0.1, 0.15) is 0 Å². The maximum absolute atomic E-state index is 12.3. The van der Waals surface area contributed by atoms with Crippen LogP contribution in [-0.4, -0.2) is 48.6 Å². The number of hydrogen-bond donors (Lipinski definition) is 3. The Hall–Kier alpha value is -0.650. The van der Waals surface area contributed by atoms with Crippen LogP contribution in [0.3, 0.4) is 0 Å². The van der Waals surface area contributed by atoms with E-state index >= 15 is 0 Å². The van der Waals surface area contributed by atoms with E-state index in [1.54, 1.807) is 7.11 Å². The zero-order chi connectivity index (χ0) is 23.8. The van der Waals surface area contributed by atoms with Gasteiger partial charge in [-0.1, -0.05) is 20.8 Å². The standard InChI is InChI=1S/C28H49NO4/c1-18(6-9-25(32)29-14-5-15-33-4)21-7-8-22-26-23(11-13-28(21,22)3)27(2)12-10-20(30)16-19(27)17-24(26)31/h18-24,26,30-31H,5-17H2,1-4H3,(H,29,32). The van der Waals surface area contributed by atoms with E-state index < -0.39 is 0 Å². The summed E-state index contributed by atoms with van der Waals surface area (Å²) in [5.74, 6) is 3.45. The van der Waals surface area contributed by atoms with E-state index in [1.165, 1.54) is 25.7 Å². The van der Waals surface area contributed by atoms with Crippen molar-refractivity contribution >= 4 is 5.91 Å². The lowest BCUT2D eigenvalue weighted by molar-refractivity contribution is -0.174. The van der Waals surface area contributed by atoms with Crippen molar-refractivity contribution in [2.45, 2.75) is 104 Å². The molecule has 190 valence electrons. The summed E-state index contributed by atoms with van der Waals surface area (Å²) in [6, 6.07) is 0. The number of amides is 1. The molecule has 0 bridgehead atoms. The monoisotopic (exact) mass is 463 g/mol. The van der Waals surface area contributed by atoms with Crippen LogP contribution in [0.1, 0.15) is 91.4 Å². The van der Waals surface area contributed by atoms with Gasteiger partial charge in [0.15, 0.2) is 0 Å². The predicted octanol–water partition coefficient (Wildman–Crippen LogP) is 4.55. The molecule has 4 saturated carbocycles. The van der Waals surface area contributed by atoms with Crippen molar-refractivity contribution in [1.29, 1.82) is 0 Å². The van der Waals surface area contributed by atoms with Crippen LogP contribution in [0.5, 0.6) is 0 Å². The summed E-state index contributed by atoms with van der Waals surface area (Å²) in [6.07, 6.45) is 10.8. The molecular formula is C28H49NO4. The van der Waals surface area contributed by atoms with Gasteiger partial charge in [-0.25, -0.2) is 0 Å². The van der Waals surface area contributed by atoms with Crippen LogP contribution < -0.4 is 5.32 Å². The van der Waals surface area contributed by atoms with Crippen molar-refractivity contribution in [3.8, 4) is 0 Å². The average Bonchev–Trinajstić information content (AvgIpc) is 3.13. The Morgan fingerprint density at radius 2 is 1.79 bits per heavy atom. The van der Waals surface area contributed by atoms with Crippen molar-refractivity contribution in [2.24, 2.45) is 46.3 Å². The zero-order valence-corrected chi connectivity index (χ0v) is 21.5. The summed E-state index contributed by atoms with van der Waals surface area (Å²) in [6.45, 7) is 8.74. The second-order valence-corrected chi connectivity index (χ2v) is 12.7. The first-order valence-electron chi connectivity index (χ1n) is 13.8. The minimum Gasteiger partial charge on any atom is -0.393 e. The molecule has 0 heterocycles. The second kappa shape index (κ2) is 10.1. The summed E-state index contributed by atoms with van der Waals surface area (Å²) >= 11 is 0. The van der Waals surface area contributed by atoms with E-state index in [2.05, 4.69) is 26.1 Å². The molecule has 4 aliphatic carbocycles. The number of ether oxygens (including phenoxy) is 1. The smallest absolute Gasteiger partial charge is 0.220 e. The van der Waals surface area contributed by atoms with Crippen LogP contribution in [-0.2, 0) is 9.53 Å². The molecule has 0 spiro atoms. The van der Waals surface area contributed by atoms with E-state index in [1.807, 2.05) is 0 Å². The largest absolute Gasteiger partial charge is 0.393 e. The summed E-state index contributed by atoms with van der Waals surface area (Å²) in [7, 11) is 1.69. The maximum Gasteiger partial charge on any atom is 0.220 e. The molecule has 1 amide bonds. The number of methoxy groups -OCH3 is 1. The number of rotatable bonds is 8. The number of carbonyl (C=O) groups excluding carboxylic acids is 1. The molecule has 10 unspecified atom stereocenters. The number of aliphatic hydroxyl groups excluding tert-OH is 2. The van der Waals surface area contributed by atoms with E-state index in [-0.39, 0.29) is 28.9 Å².